The molecule has 0 saturated carbocycles. The van der Waals surface area contributed by atoms with Crippen molar-refractivity contribution in [1.29, 1.82) is 0 Å². The highest BCUT2D eigenvalue weighted by Crippen LogP contribution is 2.37. The van der Waals surface area contributed by atoms with E-state index in [9.17, 15) is 0 Å². The normalized spacial score (nSPS) is 16.5. The van der Waals surface area contributed by atoms with Crippen LogP contribution in [0.25, 0.3) is 0 Å². The van der Waals surface area contributed by atoms with E-state index >= 15 is 0 Å². The quantitative estimate of drug-likeness (QED) is 0.670. The lowest BCUT2D eigenvalue weighted by Crippen LogP contribution is -2.40. The zero-order valence-corrected chi connectivity index (χ0v) is 16.5. The molecule has 0 N–H and O–H groups in total. The molecule has 0 atom stereocenters. The highest BCUT2D eigenvalue weighted by molar-refractivity contribution is 5.33. The van der Waals surface area contributed by atoms with E-state index in [-0.39, 0.29) is 0 Å². The topological polar surface area (TPSA) is 6.48 Å². The van der Waals surface area contributed by atoms with Crippen LogP contribution < -0.4 is 0 Å². The summed E-state index contributed by atoms with van der Waals surface area (Å²) in [5.74, 6) is 1.27. The monoisotopic (exact) mass is 350 g/mol. The van der Waals surface area contributed by atoms with Crippen LogP contribution in [0.1, 0.15) is 43.7 Å². The van der Waals surface area contributed by atoms with E-state index < -0.39 is 0 Å². The van der Waals surface area contributed by atoms with E-state index in [1.54, 1.807) is 0 Å². The van der Waals surface area contributed by atoms with Gasteiger partial charge in [0.2, 0.25) is 0 Å². The van der Waals surface area contributed by atoms with Crippen LogP contribution in [0.3, 0.4) is 0 Å². The molecule has 0 spiro atoms. The van der Waals surface area contributed by atoms with E-state index in [4.69, 9.17) is 0 Å². The van der Waals surface area contributed by atoms with Gasteiger partial charge in [-0.25, -0.2) is 0 Å². The first-order valence-corrected chi connectivity index (χ1v) is 10.4. The summed E-state index contributed by atoms with van der Waals surface area (Å²) < 4.78 is 0. The van der Waals surface area contributed by atoms with Crippen LogP contribution in [0.5, 0.6) is 0 Å². The fourth-order valence-corrected chi connectivity index (χ4v) is 4.39. The Morgan fingerprint density at radius 2 is 1.35 bits per heavy atom. The summed E-state index contributed by atoms with van der Waals surface area (Å²) in [4.78, 5) is 5.20. The lowest BCUT2D eigenvalue weighted by Gasteiger charge is -2.37. The van der Waals surface area contributed by atoms with Crippen LogP contribution in [0.2, 0.25) is 0 Å². The second-order valence-electron chi connectivity index (χ2n) is 7.50. The highest BCUT2D eigenvalue weighted by Gasteiger charge is 2.28. The fourth-order valence-electron chi connectivity index (χ4n) is 4.39. The second kappa shape index (κ2) is 9.89. The summed E-state index contributed by atoms with van der Waals surface area (Å²) in [7, 11) is 0. The summed E-state index contributed by atoms with van der Waals surface area (Å²) in [6.45, 7) is 11.8. The van der Waals surface area contributed by atoms with Crippen LogP contribution in [0.4, 0.5) is 0 Å². The van der Waals surface area contributed by atoms with Gasteiger partial charge >= 0.3 is 0 Å². The Balaban J connectivity index is 1.65. The van der Waals surface area contributed by atoms with Gasteiger partial charge in [-0.3, -0.25) is 0 Å². The van der Waals surface area contributed by atoms with Crippen LogP contribution >= 0.6 is 0 Å². The number of nitrogens with zero attached hydrogens (tertiary/aromatic N) is 2. The molecule has 0 radical (unpaired) electrons. The van der Waals surface area contributed by atoms with E-state index in [0.29, 0.717) is 5.92 Å². The van der Waals surface area contributed by atoms with Gasteiger partial charge in [-0.1, -0.05) is 74.5 Å². The Hall–Kier alpha value is -1.64. The van der Waals surface area contributed by atoms with Crippen LogP contribution in [0, 0.1) is 5.92 Å². The number of likely N-dealkylation sites (tertiary alicyclic amines) is 1. The first-order chi connectivity index (χ1) is 12.8. The van der Waals surface area contributed by atoms with Crippen molar-refractivity contribution < 1.29 is 0 Å². The lowest BCUT2D eigenvalue weighted by molar-refractivity contribution is 0.153. The first-order valence-electron chi connectivity index (χ1n) is 10.4. The predicted molar refractivity (Wildman–Crippen MR) is 112 cm³/mol. The molecule has 0 amide bonds. The lowest BCUT2D eigenvalue weighted by atomic mass is 9.76. The molecule has 140 valence electrons. The van der Waals surface area contributed by atoms with Crippen molar-refractivity contribution in [3.8, 4) is 0 Å². The minimum Gasteiger partial charge on any atom is -0.303 e. The van der Waals surface area contributed by atoms with Gasteiger partial charge in [0.1, 0.15) is 0 Å². The number of benzene rings is 2. The third kappa shape index (κ3) is 4.96. The van der Waals surface area contributed by atoms with Crippen molar-refractivity contribution in [3.05, 3.63) is 71.8 Å². The molecule has 1 heterocycles. The largest absolute Gasteiger partial charge is 0.303 e. The maximum atomic E-state index is 2.67. The molecular weight excluding hydrogens is 316 g/mol. The molecule has 26 heavy (non-hydrogen) atoms. The number of hydrogen-bond donors (Lipinski definition) is 0. The molecule has 2 heteroatoms. The summed E-state index contributed by atoms with van der Waals surface area (Å²) >= 11 is 0. The smallest absolute Gasteiger partial charge is 0.0119 e. The molecule has 0 unspecified atom stereocenters. The predicted octanol–water partition coefficient (Wildman–Crippen LogP) is 4.87. The van der Waals surface area contributed by atoms with Gasteiger partial charge in [-0.15, -0.1) is 0 Å². The number of piperidine rings is 1. The standard InChI is InChI=1S/C24H34N2/c1-3-25(4-2)19-20-26-17-15-23(16-18-26)24(21-11-7-5-8-12-21)22-13-9-6-10-14-22/h5-14,23-24H,3-4,15-20H2,1-2H3. The van der Waals surface area contributed by atoms with Gasteiger partial charge in [0.15, 0.2) is 0 Å². The Morgan fingerprint density at radius 3 is 1.81 bits per heavy atom. The third-order valence-electron chi connectivity index (χ3n) is 6.05. The number of hydrogen-bond acceptors (Lipinski definition) is 2. The van der Waals surface area contributed by atoms with Crippen molar-refractivity contribution in [2.24, 2.45) is 5.92 Å². The molecule has 0 bridgehead atoms. The molecule has 1 fully saturated rings. The molecule has 2 nitrogen and oxygen atoms in total. The summed E-state index contributed by atoms with van der Waals surface area (Å²) in [5, 5.41) is 0. The Morgan fingerprint density at radius 1 is 0.846 bits per heavy atom. The van der Waals surface area contributed by atoms with Crippen molar-refractivity contribution in [3.63, 3.8) is 0 Å². The Bertz CT molecular complexity index is 574. The molecule has 1 aliphatic rings. The van der Waals surface area contributed by atoms with Gasteiger partial charge in [-0.2, -0.15) is 0 Å². The highest BCUT2D eigenvalue weighted by atomic mass is 15.2. The average Bonchev–Trinajstić information content (AvgIpc) is 2.72. The van der Waals surface area contributed by atoms with Gasteiger partial charge in [0, 0.05) is 19.0 Å². The van der Waals surface area contributed by atoms with E-state index in [1.807, 2.05) is 0 Å². The molecule has 3 rings (SSSR count). The SMILES string of the molecule is CCN(CC)CCN1CCC(C(c2ccccc2)c2ccccc2)CC1. The van der Waals surface area contributed by atoms with Crippen LogP contribution in [-0.4, -0.2) is 49.1 Å². The Kier molecular flexibility index (Phi) is 7.28. The third-order valence-corrected chi connectivity index (χ3v) is 6.05. The first kappa shape index (κ1) is 19.1. The van der Waals surface area contributed by atoms with Gasteiger partial charge in [0.05, 0.1) is 0 Å². The van der Waals surface area contributed by atoms with E-state index in [0.717, 1.165) is 19.0 Å². The van der Waals surface area contributed by atoms with Gasteiger partial charge in [-0.05, 0) is 56.1 Å². The Labute approximate surface area is 159 Å². The van der Waals surface area contributed by atoms with Gasteiger partial charge < -0.3 is 9.80 Å². The minimum atomic E-state index is 0.530. The summed E-state index contributed by atoms with van der Waals surface area (Å²) in [5.41, 5.74) is 2.94. The molecule has 1 aliphatic heterocycles. The number of rotatable bonds is 8. The summed E-state index contributed by atoms with van der Waals surface area (Å²) in [6.07, 6.45) is 2.60. The zero-order valence-electron chi connectivity index (χ0n) is 16.5. The molecule has 2 aromatic rings. The molecule has 1 saturated heterocycles. The van der Waals surface area contributed by atoms with E-state index in [2.05, 4.69) is 84.3 Å². The molecule has 0 aliphatic carbocycles. The zero-order chi connectivity index (χ0) is 18.2. The van der Waals surface area contributed by atoms with Gasteiger partial charge in [0.25, 0.3) is 0 Å². The molecule has 2 aromatic carbocycles. The van der Waals surface area contributed by atoms with Crippen molar-refractivity contribution in [2.75, 3.05) is 39.3 Å². The molecular formula is C24H34N2. The second-order valence-corrected chi connectivity index (χ2v) is 7.50. The van der Waals surface area contributed by atoms with Crippen LogP contribution in [0.15, 0.2) is 60.7 Å². The minimum absolute atomic E-state index is 0.530. The fraction of sp³-hybridized carbons (Fsp3) is 0.500. The van der Waals surface area contributed by atoms with Crippen LogP contribution in [-0.2, 0) is 0 Å². The molecule has 0 aromatic heterocycles. The average molecular weight is 351 g/mol. The maximum absolute atomic E-state index is 2.67. The number of likely N-dealkylation sites (N-methyl/N-ethyl adjacent to an activating group) is 1. The van der Waals surface area contributed by atoms with E-state index in [1.165, 1.54) is 50.1 Å². The van der Waals surface area contributed by atoms with Crippen molar-refractivity contribution >= 4 is 0 Å². The summed E-state index contributed by atoms with van der Waals surface area (Å²) in [6, 6.07) is 22.2. The maximum Gasteiger partial charge on any atom is 0.0119 e. The van der Waals surface area contributed by atoms with Crippen molar-refractivity contribution in [2.45, 2.75) is 32.6 Å². The van der Waals surface area contributed by atoms with Crippen molar-refractivity contribution in [1.82, 2.24) is 9.80 Å².